The monoisotopic (exact) mass is 219 g/mol. The molecule has 1 aromatic heterocycles. The minimum atomic E-state index is 0.339. The Hall–Kier alpha value is -0.960. The van der Waals surface area contributed by atoms with E-state index in [1.165, 1.54) is 19.3 Å². The summed E-state index contributed by atoms with van der Waals surface area (Å²) in [5.74, 6) is 0.661. The highest BCUT2D eigenvalue weighted by Gasteiger charge is 2.40. The van der Waals surface area contributed by atoms with E-state index in [4.69, 9.17) is 0 Å². The lowest BCUT2D eigenvalue weighted by molar-refractivity contribution is 0.201. The van der Waals surface area contributed by atoms with Gasteiger partial charge in [-0.25, -0.2) is 0 Å². The number of rotatable bonds is 3. The van der Waals surface area contributed by atoms with Gasteiger partial charge in [-0.15, -0.1) is 0 Å². The molecule has 0 saturated heterocycles. The van der Waals surface area contributed by atoms with Crippen LogP contribution in [0.15, 0.2) is 18.6 Å². The number of aromatic nitrogens is 2. The normalized spacial score (nSPS) is 25.6. The molecule has 1 N–H and O–H groups in total. The molecule has 1 saturated carbocycles. The zero-order valence-electron chi connectivity index (χ0n) is 10.4. The van der Waals surface area contributed by atoms with Crippen LogP contribution in [0.3, 0.4) is 0 Å². The molecular weight excluding hydrogens is 198 g/mol. The van der Waals surface area contributed by atoms with Gasteiger partial charge in [0.1, 0.15) is 0 Å². The molecule has 0 spiro atoms. The van der Waals surface area contributed by atoms with E-state index < -0.39 is 0 Å². The van der Waals surface area contributed by atoms with Crippen LogP contribution in [0, 0.1) is 11.3 Å². The first-order chi connectivity index (χ1) is 7.65. The summed E-state index contributed by atoms with van der Waals surface area (Å²) in [6.45, 7) is 4.73. The van der Waals surface area contributed by atoms with Crippen molar-refractivity contribution in [3.63, 3.8) is 0 Å². The topological polar surface area (TPSA) is 37.8 Å². The van der Waals surface area contributed by atoms with Crippen LogP contribution < -0.4 is 5.32 Å². The predicted molar refractivity (Wildman–Crippen MR) is 65.0 cm³/mol. The Labute approximate surface area is 97.7 Å². The molecule has 1 aliphatic carbocycles. The van der Waals surface area contributed by atoms with Gasteiger partial charge in [0.25, 0.3) is 0 Å². The van der Waals surface area contributed by atoms with E-state index in [2.05, 4.69) is 29.1 Å². The SMILES string of the molecule is CNC(c1cnccn1)C1CCCC1(C)C. The first kappa shape index (κ1) is 11.5. The third kappa shape index (κ3) is 2.09. The van der Waals surface area contributed by atoms with Crippen LogP contribution in [0.2, 0.25) is 0 Å². The highest BCUT2D eigenvalue weighted by Crippen LogP contribution is 2.48. The fourth-order valence-corrected chi connectivity index (χ4v) is 3.00. The van der Waals surface area contributed by atoms with Crippen molar-refractivity contribution in [3.8, 4) is 0 Å². The van der Waals surface area contributed by atoms with Crippen molar-refractivity contribution in [1.82, 2.24) is 15.3 Å². The van der Waals surface area contributed by atoms with Crippen molar-refractivity contribution < 1.29 is 0 Å². The highest BCUT2D eigenvalue weighted by molar-refractivity contribution is 5.07. The Balaban J connectivity index is 2.23. The molecular formula is C13H21N3. The summed E-state index contributed by atoms with van der Waals surface area (Å²) >= 11 is 0. The summed E-state index contributed by atoms with van der Waals surface area (Å²) in [4.78, 5) is 8.61. The maximum absolute atomic E-state index is 4.44. The van der Waals surface area contributed by atoms with Gasteiger partial charge in [-0.1, -0.05) is 20.3 Å². The highest BCUT2D eigenvalue weighted by atomic mass is 14.9. The molecule has 2 rings (SSSR count). The average Bonchev–Trinajstić information content (AvgIpc) is 2.62. The van der Waals surface area contributed by atoms with E-state index in [-0.39, 0.29) is 0 Å². The van der Waals surface area contributed by atoms with Gasteiger partial charge in [-0.05, 0) is 31.2 Å². The maximum atomic E-state index is 4.44. The molecule has 0 bridgehead atoms. The predicted octanol–water partition coefficient (Wildman–Crippen LogP) is 2.56. The number of hydrogen-bond acceptors (Lipinski definition) is 3. The van der Waals surface area contributed by atoms with Gasteiger partial charge in [0.15, 0.2) is 0 Å². The summed E-state index contributed by atoms with van der Waals surface area (Å²) in [5.41, 5.74) is 1.48. The van der Waals surface area contributed by atoms with Gasteiger partial charge in [0, 0.05) is 18.6 Å². The Bertz CT molecular complexity index is 334. The van der Waals surface area contributed by atoms with Crippen LogP contribution in [-0.4, -0.2) is 17.0 Å². The largest absolute Gasteiger partial charge is 0.311 e. The summed E-state index contributed by atoms with van der Waals surface area (Å²) in [7, 11) is 2.02. The van der Waals surface area contributed by atoms with E-state index in [0.717, 1.165) is 5.69 Å². The number of nitrogens with one attached hydrogen (secondary N) is 1. The van der Waals surface area contributed by atoms with Crippen molar-refractivity contribution >= 4 is 0 Å². The lowest BCUT2D eigenvalue weighted by Crippen LogP contribution is -2.32. The molecule has 0 amide bonds. The fraction of sp³-hybridized carbons (Fsp3) is 0.692. The van der Waals surface area contributed by atoms with Gasteiger partial charge in [0.05, 0.1) is 11.7 Å². The van der Waals surface area contributed by atoms with Crippen LogP contribution >= 0.6 is 0 Å². The molecule has 1 aromatic rings. The molecule has 2 atom stereocenters. The average molecular weight is 219 g/mol. The molecule has 0 aliphatic heterocycles. The van der Waals surface area contributed by atoms with E-state index in [0.29, 0.717) is 17.4 Å². The Morgan fingerprint density at radius 3 is 2.75 bits per heavy atom. The van der Waals surface area contributed by atoms with Crippen LogP contribution in [-0.2, 0) is 0 Å². The van der Waals surface area contributed by atoms with Gasteiger partial charge in [0.2, 0.25) is 0 Å². The maximum Gasteiger partial charge on any atom is 0.0758 e. The molecule has 3 nitrogen and oxygen atoms in total. The van der Waals surface area contributed by atoms with Gasteiger partial charge in [-0.3, -0.25) is 9.97 Å². The summed E-state index contributed by atoms with van der Waals surface area (Å²) < 4.78 is 0. The first-order valence-electron chi connectivity index (χ1n) is 6.08. The second kappa shape index (κ2) is 4.50. The lowest BCUT2D eigenvalue weighted by Gasteiger charge is -2.33. The molecule has 88 valence electrons. The van der Waals surface area contributed by atoms with Gasteiger partial charge in [-0.2, -0.15) is 0 Å². The van der Waals surface area contributed by atoms with Crippen LogP contribution in [0.4, 0.5) is 0 Å². The molecule has 3 heteroatoms. The minimum absolute atomic E-state index is 0.339. The third-order valence-corrected chi connectivity index (χ3v) is 3.96. The summed E-state index contributed by atoms with van der Waals surface area (Å²) in [5, 5.41) is 3.41. The lowest BCUT2D eigenvalue weighted by atomic mass is 9.76. The molecule has 2 unspecified atom stereocenters. The van der Waals surface area contributed by atoms with E-state index in [1.807, 2.05) is 13.2 Å². The summed E-state index contributed by atoms with van der Waals surface area (Å²) in [6.07, 6.45) is 9.33. The molecule has 16 heavy (non-hydrogen) atoms. The molecule has 1 heterocycles. The van der Waals surface area contributed by atoms with Crippen molar-refractivity contribution in [1.29, 1.82) is 0 Å². The fourth-order valence-electron chi connectivity index (χ4n) is 3.00. The first-order valence-corrected chi connectivity index (χ1v) is 6.08. The Kier molecular flexibility index (Phi) is 3.24. The molecule has 1 fully saturated rings. The quantitative estimate of drug-likeness (QED) is 0.849. The van der Waals surface area contributed by atoms with Gasteiger partial charge < -0.3 is 5.32 Å². The summed E-state index contributed by atoms with van der Waals surface area (Å²) in [6, 6.07) is 0.339. The zero-order chi connectivity index (χ0) is 11.6. The zero-order valence-corrected chi connectivity index (χ0v) is 10.4. The second-order valence-electron chi connectivity index (χ2n) is 5.38. The molecule has 0 radical (unpaired) electrons. The smallest absolute Gasteiger partial charge is 0.0758 e. The standard InChI is InChI=1S/C13H21N3/c1-13(2)6-4-5-10(13)12(14-3)11-9-15-7-8-16-11/h7-10,12,14H,4-6H2,1-3H3. The van der Waals surface area contributed by atoms with Gasteiger partial charge >= 0.3 is 0 Å². The Morgan fingerprint density at radius 1 is 1.44 bits per heavy atom. The van der Waals surface area contributed by atoms with Crippen molar-refractivity contribution in [2.45, 2.75) is 39.2 Å². The van der Waals surface area contributed by atoms with Crippen molar-refractivity contribution in [2.24, 2.45) is 11.3 Å². The van der Waals surface area contributed by atoms with E-state index in [1.54, 1.807) is 12.4 Å². The second-order valence-corrected chi connectivity index (χ2v) is 5.38. The van der Waals surface area contributed by atoms with E-state index >= 15 is 0 Å². The van der Waals surface area contributed by atoms with Crippen molar-refractivity contribution in [2.75, 3.05) is 7.05 Å². The van der Waals surface area contributed by atoms with E-state index in [9.17, 15) is 0 Å². The number of hydrogen-bond donors (Lipinski definition) is 1. The Morgan fingerprint density at radius 2 is 2.25 bits per heavy atom. The van der Waals surface area contributed by atoms with Crippen LogP contribution in [0.5, 0.6) is 0 Å². The number of nitrogens with zero attached hydrogens (tertiary/aromatic N) is 2. The van der Waals surface area contributed by atoms with Crippen LogP contribution in [0.1, 0.15) is 44.8 Å². The molecule has 0 aromatic carbocycles. The third-order valence-electron chi connectivity index (χ3n) is 3.96. The molecule has 1 aliphatic rings. The minimum Gasteiger partial charge on any atom is -0.311 e. The van der Waals surface area contributed by atoms with Crippen LogP contribution in [0.25, 0.3) is 0 Å². The van der Waals surface area contributed by atoms with Crippen molar-refractivity contribution in [3.05, 3.63) is 24.3 Å².